The van der Waals surface area contributed by atoms with E-state index in [0.717, 1.165) is 23.6 Å². The number of hydrogen-bond acceptors (Lipinski definition) is 7. The molecule has 0 spiro atoms. The number of rotatable bonds is 9. The van der Waals surface area contributed by atoms with Crippen LogP contribution in [0.4, 0.5) is 0 Å². The quantitative estimate of drug-likeness (QED) is 0.657. The van der Waals surface area contributed by atoms with E-state index in [4.69, 9.17) is 9.47 Å². The van der Waals surface area contributed by atoms with E-state index in [0.29, 0.717) is 23.3 Å². The smallest absolute Gasteiger partial charge is 0.209 e. The van der Waals surface area contributed by atoms with Crippen molar-refractivity contribution in [2.75, 3.05) is 19.5 Å². The van der Waals surface area contributed by atoms with Crippen LogP contribution in [-0.2, 0) is 0 Å². The van der Waals surface area contributed by atoms with Crippen molar-refractivity contribution >= 4 is 17.8 Å². The van der Waals surface area contributed by atoms with E-state index in [1.807, 2.05) is 42.0 Å². The SMILES string of the molecule is C/C=C/c1ccc(OCC(O)CSc2nnnn2C2CCCC2)c(OC)c1. The Hall–Kier alpha value is -2.06. The van der Waals surface area contributed by atoms with E-state index in [1.54, 1.807) is 7.11 Å². The molecule has 1 unspecified atom stereocenters. The Morgan fingerprint density at radius 2 is 2.15 bits per heavy atom. The van der Waals surface area contributed by atoms with Crippen molar-refractivity contribution in [3.05, 3.63) is 29.8 Å². The molecule has 2 aromatic rings. The van der Waals surface area contributed by atoms with Crippen molar-refractivity contribution in [3.8, 4) is 11.5 Å². The number of thioether (sulfide) groups is 1. The Bertz CT molecular complexity index is 759. The summed E-state index contributed by atoms with van der Waals surface area (Å²) < 4.78 is 13.0. The molecule has 1 saturated carbocycles. The third-order valence-electron chi connectivity index (χ3n) is 4.52. The third kappa shape index (κ3) is 5.23. The molecule has 0 saturated heterocycles. The summed E-state index contributed by atoms with van der Waals surface area (Å²) in [5.74, 6) is 1.73. The maximum absolute atomic E-state index is 10.3. The van der Waals surface area contributed by atoms with E-state index in [1.165, 1.54) is 24.6 Å². The van der Waals surface area contributed by atoms with Crippen molar-refractivity contribution in [1.82, 2.24) is 20.2 Å². The number of aliphatic hydroxyl groups excluding tert-OH is 1. The van der Waals surface area contributed by atoms with Gasteiger partial charge < -0.3 is 14.6 Å². The first kappa shape index (κ1) is 19.7. The van der Waals surface area contributed by atoms with Crippen molar-refractivity contribution in [3.63, 3.8) is 0 Å². The molecule has 0 aliphatic heterocycles. The number of aromatic nitrogens is 4. The minimum atomic E-state index is -0.636. The number of aliphatic hydroxyl groups is 1. The molecule has 1 N–H and O–H groups in total. The van der Waals surface area contributed by atoms with Crippen molar-refractivity contribution < 1.29 is 14.6 Å². The fraction of sp³-hybridized carbons (Fsp3) is 0.526. The fourth-order valence-electron chi connectivity index (χ4n) is 3.16. The molecule has 1 fully saturated rings. The number of ether oxygens (including phenoxy) is 2. The van der Waals surface area contributed by atoms with Crippen molar-refractivity contribution in [2.24, 2.45) is 0 Å². The number of nitrogens with zero attached hydrogens (tertiary/aromatic N) is 4. The molecule has 146 valence electrons. The number of hydrogen-bond donors (Lipinski definition) is 1. The van der Waals surface area contributed by atoms with Crippen molar-refractivity contribution in [1.29, 1.82) is 0 Å². The van der Waals surface area contributed by atoms with Gasteiger partial charge in [0, 0.05) is 5.75 Å². The molecule has 1 aromatic heterocycles. The summed E-state index contributed by atoms with van der Waals surface area (Å²) in [6.07, 6.45) is 8.01. The predicted molar refractivity (Wildman–Crippen MR) is 105 cm³/mol. The molecule has 27 heavy (non-hydrogen) atoms. The van der Waals surface area contributed by atoms with Gasteiger partial charge in [-0.05, 0) is 47.9 Å². The highest BCUT2D eigenvalue weighted by Crippen LogP contribution is 2.32. The van der Waals surface area contributed by atoms with Crippen LogP contribution in [0.1, 0.15) is 44.2 Å². The second-order valence-corrected chi connectivity index (χ2v) is 7.52. The lowest BCUT2D eigenvalue weighted by atomic mass is 10.2. The van der Waals surface area contributed by atoms with Gasteiger partial charge in [0.15, 0.2) is 11.5 Å². The molecule has 1 aliphatic carbocycles. The van der Waals surface area contributed by atoms with E-state index >= 15 is 0 Å². The van der Waals surface area contributed by atoms with Crippen LogP contribution in [0.2, 0.25) is 0 Å². The normalized spacial score (nSPS) is 16.1. The second-order valence-electron chi connectivity index (χ2n) is 6.53. The van der Waals surface area contributed by atoms with E-state index in [2.05, 4.69) is 15.5 Å². The van der Waals surface area contributed by atoms with Crippen LogP contribution in [0, 0.1) is 0 Å². The highest BCUT2D eigenvalue weighted by Gasteiger charge is 2.22. The summed E-state index contributed by atoms with van der Waals surface area (Å²) in [6.45, 7) is 2.14. The van der Waals surface area contributed by atoms with E-state index in [-0.39, 0.29) is 6.61 Å². The second kappa shape index (κ2) is 9.75. The highest BCUT2D eigenvalue weighted by molar-refractivity contribution is 7.99. The molecule has 0 radical (unpaired) electrons. The van der Waals surface area contributed by atoms with Crippen LogP contribution >= 0.6 is 11.8 Å². The van der Waals surface area contributed by atoms with Gasteiger partial charge in [-0.15, -0.1) is 5.10 Å². The van der Waals surface area contributed by atoms with E-state index in [9.17, 15) is 5.11 Å². The first-order valence-electron chi connectivity index (χ1n) is 9.23. The molecule has 0 bridgehead atoms. The monoisotopic (exact) mass is 390 g/mol. The van der Waals surface area contributed by atoms with Crippen LogP contribution in [-0.4, -0.2) is 50.9 Å². The minimum absolute atomic E-state index is 0.178. The van der Waals surface area contributed by atoms with Gasteiger partial charge in [0.1, 0.15) is 6.61 Å². The Morgan fingerprint density at radius 1 is 1.33 bits per heavy atom. The van der Waals surface area contributed by atoms with Gasteiger partial charge >= 0.3 is 0 Å². The van der Waals surface area contributed by atoms with Crippen molar-refractivity contribution in [2.45, 2.75) is 49.9 Å². The lowest BCUT2D eigenvalue weighted by molar-refractivity contribution is 0.124. The number of methoxy groups -OCH3 is 1. The molecule has 0 amide bonds. The summed E-state index contributed by atoms with van der Waals surface area (Å²) in [5, 5.41) is 23.0. The van der Waals surface area contributed by atoms with Gasteiger partial charge in [0.2, 0.25) is 5.16 Å². The minimum Gasteiger partial charge on any atom is -0.493 e. The number of tetrazole rings is 1. The summed E-state index contributed by atoms with van der Waals surface area (Å²) in [7, 11) is 1.61. The topological polar surface area (TPSA) is 82.3 Å². The summed E-state index contributed by atoms with van der Waals surface area (Å²) >= 11 is 1.46. The standard InChI is InChI=1S/C19H26N4O3S/c1-3-6-14-9-10-17(18(11-14)25-2)26-12-16(24)13-27-19-20-21-22-23(19)15-7-4-5-8-15/h3,6,9-11,15-16,24H,4-5,7-8,12-13H2,1-2H3/b6-3+. The summed E-state index contributed by atoms with van der Waals surface area (Å²) in [4.78, 5) is 0. The lowest BCUT2D eigenvalue weighted by Crippen LogP contribution is -2.21. The molecule has 8 heteroatoms. The number of benzene rings is 1. The zero-order chi connectivity index (χ0) is 19.1. The molecule has 7 nitrogen and oxygen atoms in total. The largest absolute Gasteiger partial charge is 0.493 e. The Kier molecular flexibility index (Phi) is 7.11. The van der Waals surface area contributed by atoms with Gasteiger partial charge in [-0.25, -0.2) is 4.68 Å². The van der Waals surface area contributed by atoms with Crippen LogP contribution < -0.4 is 9.47 Å². The van der Waals surface area contributed by atoms with Gasteiger partial charge in [-0.2, -0.15) is 0 Å². The van der Waals surface area contributed by atoms with Crippen LogP contribution in [0.15, 0.2) is 29.4 Å². The number of allylic oxidation sites excluding steroid dienone is 1. The highest BCUT2D eigenvalue weighted by atomic mass is 32.2. The van der Waals surface area contributed by atoms with Gasteiger partial charge in [-0.1, -0.05) is 42.8 Å². The average molecular weight is 391 g/mol. The van der Waals surface area contributed by atoms with E-state index < -0.39 is 6.10 Å². The zero-order valence-electron chi connectivity index (χ0n) is 15.7. The van der Waals surface area contributed by atoms with Crippen LogP contribution in [0.25, 0.3) is 6.08 Å². The average Bonchev–Trinajstić information content (AvgIpc) is 3.36. The van der Waals surface area contributed by atoms with Crippen LogP contribution in [0.3, 0.4) is 0 Å². The molecule has 1 atom stereocenters. The molecule has 1 aliphatic rings. The summed E-state index contributed by atoms with van der Waals surface area (Å²) in [5.41, 5.74) is 1.04. The lowest BCUT2D eigenvalue weighted by Gasteiger charge is -2.15. The first-order chi connectivity index (χ1) is 13.2. The molecular formula is C19H26N4O3S. The maximum atomic E-state index is 10.3. The van der Waals surface area contributed by atoms with Gasteiger partial charge in [0.05, 0.1) is 19.3 Å². The Balaban J connectivity index is 1.52. The Morgan fingerprint density at radius 3 is 2.89 bits per heavy atom. The molecule has 1 heterocycles. The summed E-state index contributed by atoms with van der Waals surface area (Å²) in [6, 6.07) is 6.10. The first-order valence-corrected chi connectivity index (χ1v) is 10.2. The van der Waals surface area contributed by atoms with Crippen LogP contribution in [0.5, 0.6) is 11.5 Å². The Labute approximate surface area is 163 Å². The molecule has 3 rings (SSSR count). The van der Waals surface area contributed by atoms with Gasteiger partial charge in [0.25, 0.3) is 0 Å². The van der Waals surface area contributed by atoms with Gasteiger partial charge in [-0.3, -0.25) is 0 Å². The molecular weight excluding hydrogens is 364 g/mol. The molecule has 1 aromatic carbocycles. The maximum Gasteiger partial charge on any atom is 0.209 e. The zero-order valence-corrected chi connectivity index (χ0v) is 16.6. The predicted octanol–water partition coefficient (Wildman–Crippen LogP) is 3.36. The third-order valence-corrected chi connectivity index (χ3v) is 5.59. The fourth-order valence-corrected chi connectivity index (χ4v) is 4.01.